The van der Waals surface area contributed by atoms with Crippen LogP contribution in [0.15, 0.2) is 60.8 Å². The van der Waals surface area contributed by atoms with Crippen molar-refractivity contribution in [1.82, 2.24) is 19.6 Å². The van der Waals surface area contributed by atoms with Gasteiger partial charge in [-0.25, -0.2) is 9.07 Å². The fourth-order valence-electron chi connectivity index (χ4n) is 4.18. The average Bonchev–Trinajstić information content (AvgIpc) is 3.39. The van der Waals surface area contributed by atoms with Gasteiger partial charge in [0.2, 0.25) is 0 Å². The number of alkyl halides is 3. The first-order valence-corrected chi connectivity index (χ1v) is 11.7. The number of hydrogen-bond donors (Lipinski definition) is 0. The third-order valence-electron chi connectivity index (χ3n) is 5.90. The maximum Gasteiger partial charge on any atom is 0.436 e. The van der Waals surface area contributed by atoms with Gasteiger partial charge in [0.1, 0.15) is 11.9 Å². The van der Waals surface area contributed by atoms with E-state index in [4.69, 9.17) is 11.6 Å². The molecule has 0 aliphatic rings. The van der Waals surface area contributed by atoms with Crippen LogP contribution in [0.2, 0.25) is 5.02 Å². The Balaban J connectivity index is 1.75. The molecular formula is C26H23ClF4N4O. The molecule has 1 unspecified atom stereocenters. The van der Waals surface area contributed by atoms with Gasteiger partial charge in [-0.3, -0.25) is 9.48 Å². The van der Waals surface area contributed by atoms with Gasteiger partial charge in [-0.05, 0) is 37.6 Å². The fourth-order valence-corrected chi connectivity index (χ4v) is 4.41. The van der Waals surface area contributed by atoms with Crippen molar-refractivity contribution in [1.29, 1.82) is 0 Å². The van der Waals surface area contributed by atoms with E-state index >= 15 is 0 Å². The molecule has 0 saturated heterocycles. The van der Waals surface area contributed by atoms with Crippen molar-refractivity contribution in [3.8, 4) is 16.9 Å². The number of benzene rings is 2. The van der Waals surface area contributed by atoms with Gasteiger partial charge < -0.3 is 0 Å². The number of halogens is 5. The summed E-state index contributed by atoms with van der Waals surface area (Å²) < 4.78 is 56.4. The van der Waals surface area contributed by atoms with Crippen LogP contribution in [-0.4, -0.2) is 25.3 Å². The third-order valence-corrected chi connectivity index (χ3v) is 6.36. The molecule has 5 nitrogen and oxygen atoms in total. The minimum absolute atomic E-state index is 0.0843. The van der Waals surface area contributed by atoms with Crippen LogP contribution in [-0.2, 0) is 17.4 Å². The smallest absolute Gasteiger partial charge is 0.297 e. The Kier molecular flexibility index (Phi) is 7.31. The molecule has 0 aliphatic carbocycles. The van der Waals surface area contributed by atoms with Crippen molar-refractivity contribution >= 4 is 17.4 Å². The molecule has 0 N–H and O–H groups in total. The molecule has 4 rings (SSSR count). The fraction of sp³-hybridized carbons (Fsp3) is 0.269. The van der Waals surface area contributed by atoms with Crippen LogP contribution in [0.3, 0.4) is 0 Å². The van der Waals surface area contributed by atoms with E-state index in [9.17, 15) is 22.4 Å². The zero-order valence-electron chi connectivity index (χ0n) is 19.6. The number of hydrogen-bond acceptors (Lipinski definition) is 3. The van der Waals surface area contributed by atoms with Crippen molar-refractivity contribution in [2.24, 2.45) is 0 Å². The van der Waals surface area contributed by atoms with E-state index in [1.54, 1.807) is 23.0 Å². The summed E-state index contributed by atoms with van der Waals surface area (Å²) in [5.41, 5.74) is 1.49. The Bertz CT molecular complexity index is 1360. The van der Waals surface area contributed by atoms with Gasteiger partial charge in [-0.1, -0.05) is 55.3 Å². The number of Topliss-reactive ketones (excluding diaryl/α,β-unsaturated/α-hetero) is 1. The summed E-state index contributed by atoms with van der Waals surface area (Å²) in [6, 6.07) is 14.1. The average molecular weight is 519 g/mol. The number of nitrogens with zero attached hydrogens (tertiary/aromatic N) is 4. The highest BCUT2D eigenvalue weighted by Crippen LogP contribution is 2.37. The second kappa shape index (κ2) is 10.3. The summed E-state index contributed by atoms with van der Waals surface area (Å²) in [6.07, 6.45) is -2.43. The number of carbonyl (C=O) groups excluding carboxylic acids is 1. The first kappa shape index (κ1) is 25.6. The Labute approximate surface area is 210 Å². The molecular weight excluding hydrogens is 496 g/mol. The van der Waals surface area contributed by atoms with Crippen LogP contribution < -0.4 is 0 Å². The van der Waals surface area contributed by atoms with Crippen LogP contribution in [0.5, 0.6) is 0 Å². The molecule has 0 fully saturated rings. The maximum atomic E-state index is 13.5. The molecule has 36 heavy (non-hydrogen) atoms. The SMILES string of the molecule is CCCC(C(=O)Cc1cnn(-c2ccc(F)cc2)c1-c1ccccc1)n1nc(C(F)(F)F)c(Cl)c1C. The topological polar surface area (TPSA) is 52.7 Å². The van der Waals surface area contributed by atoms with Crippen molar-refractivity contribution < 1.29 is 22.4 Å². The Morgan fingerprint density at radius 3 is 2.33 bits per heavy atom. The summed E-state index contributed by atoms with van der Waals surface area (Å²) in [4.78, 5) is 13.5. The van der Waals surface area contributed by atoms with Gasteiger partial charge >= 0.3 is 6.18 Å². The van der Waals surface area contributed by atoms with Crippen LogP contribution in [0, 0.1) is 12.7 Å². The van der Waals surface area contributed by atoms with Crippen molar-refractivity contribution in [2.75, 3.05) is 0 Å². The molecule has 0 amide bonds. The summed E-state index contributed by atoms with van der Waals surface area (Å²) >= 11 is 5.94. The molecule has 0 saturated carbocycles. The molecule has 0 bridgehead atoms. The molecule has 0 spiro atoms. The van der Waals surface area contributed by atoms with Crippen LogP contribution >= 0.6 is 11.6 Å². The quantitative estimate of drug-likeness (QED) is 0.236. The third kappa shape index (κ3) is 5.06. The van der Waals surface area contributed by atoms with E-state index in [-0.39, 0.29) is 17.9 Å². The predicted molar refractivity (Wildman–Crippen MR) is 129 cm³/mol. The number of aromatic nitrogens is 4. The molecule has 4 aromatic rings. The molecule has 0 aliphatic heterocycles. The lowest BCUT2D eigenvalue weighted by molar-refractivity contribution is -0.141. The van der Waals surface area contributed by atoms with Gasteiger partial charge in [0.05, 0.1) is 28.3 Å². The standard InChI is InChI=1S/C26H23ClF4N4O/c1-3-7-21(34-16(2)23(27)25(33-34)26(29,30)31)22(36)14-18-15-32-35(20-12-10-19(28)11-13-20)24(18)17-8-5-4-6-9-17/h4-6,8-13,15,21H,3,7,14H2,1-2H3. The zero-order chi connectivity index (χ0) is 26.0. The summed E-state index contributed by atoms with van der Waals surface area (Å²) in [7, 11) is 0. The second-order valence-corrected chi connectivity index (χ2v) is 8.79. The van der Waals surface area contributed by atoms with E-state index in [2.05, 4.69) is 10.2 Å². The maximum absolute atomic E-state index is 13.5. The van der Waals surface area contributed by atoms with E-state index in [1.165, 1.54) is 19.1 Å². The lowest BCUT2D eigenvalue weighted by Gasteiger charge is -2.18. The molecule has 2 aromatic carbocycles. The van der Waals surface area contributed by atoms with E-state index in [0.717, 1.165) is 10.2 Å². The highest BCUT2D eigenvalue weighted by atomic mass is 35.5. The lowest BCUT2D eigenvalue weighted by atomic mass is 9.98. The van der Waals surface area contributed by atoms with Gasteiger partial charge in [-0.2, -0.15) is 23.4 Å². The van der Waals surface area contributed by atoms with Crippen LogP contribution in [0.1, 0.15) is 42.8 Å². The summed E-state index contributed by atoms with van der Waals surface area (Å²) in [6.45, 7) is 3.26. The van der Waals surface area contributed by atoms with E-state index < -0.39 is 28.8 Å². The lowest BCUT2D eigenvalue weighted by Crippen LogP contribution is -2.24. The normalized spacial score (nSPS) is 12.6. The molecule has 10 heteroatoms. The predicted octanol–water partition coefficient (Wildman–Crippen LogP) is 7.01. The number of carbonyl (C=O) groups is 1. The summed E-state index contributed by atoms with van der Waals surface area (Å²) in [5.74, 6) is -0.708. The zero-order valence-corrected chi connectivity index (χ0v) is 20.3. The largest absolute Gasteiger partial charge is 0.436 e. The van der Waals surface area contributed by atoms with Crippen LogP contribution in [0.25, 0.3) is 16.9 Å². The van der Waals surface area contributed by atoms with Crippen molar-refractivity contribution in [3.63, 3.8) is 0 Å². The second-order valence-electron chi connectivity index (χ2n) is 8.41. The first-order valence-electron chi connectivity index (χ1n) is 11.3. The molecule has 188 valence electrons. The highest BCUT2D eigenvalue weighted by Gasteiger charge is 2.39. The van der Waals surface area contributed by atoms with Gasteiger partial charge in [0.25, 0.3) is 0 Å². The monoisotopic (exact) mass is 518 g/mol. The van der Waals surface area contributed by atoms with Gasteiger partial charge in [0.15, 0.2) is 11.5 Å². The first-order chi connectivity index (χ1) is 17.1. The van der Waals surface area contributed by atoms with Gasteiger partial charge in [0, 0.05) is 17.5 Å². The van der Waals surface area contributed by atoms with Crippen molar-refractivity contribution in [3.05, 3.63) is 88.6 Å². The van der Waals surface area contributed by atoms with E-state index in [1.807, 2.05) is 37.3 Å². The minimum atomic E-state index is -4.73. The van der Waals surface area contributed by atoms with E-state index in [0.29, 0.717) is 29.8 Å². The van der Waals surface area contributed by atoms with Gasteiger partial charge in [-0.15, -0.1) is 0 Å². The Morgan fingerprint density at radius 2 is 1.75 bits per heavy atom. The molecule has 2 heterocycles. The number of ketones is 1. The Morgan fingerprint density at radius 1 is 1.08 bits per heavy atom. The Hall–Kier alpha value is -3.46. The highest BCUT2D eigenvalue weighted by molar-refractivity contribution is 6.32. The van der Waals surface area contributed by atoms with Crippen LogP contribution in [0.4, 0.5) is 17.6 Å². The summed E-state index contributed by atoms with van der Waals surface area (Å²) in [5, 5.41) is 7.62. The molecule has 1 atom stereocenters. The molecule has 0 radical (unpaired) electrons. The van der Waals surface area contributed by atoms with Crippen molar-refractivity contribution in [2.45, 2.75) is 45.3 Å². The number of rotatable bonds is 8. The minimum Gasteiger partial charge on any atom is -0.297 e. The molecule has 2 aromatic heterocycles.